The molecule has 1 aliphatic heterocycles. The largest absolute Gasteiger partial charge is 0.469 e. The number of aryl methyl sites for hydroxylation is 2. The predicted molar refractivity (Wildman–Crippen MR) is 161 cm³/mol. The van der Waals surface area contributed by atoms with E-state index in [1.54, 1.807) is 11.1 Å². The molecular weight excluding hydrogens is 516 g/mol. The van der Waals surface area contributed by atoms with E-state index in [2.05, 4.69) is 75.6 Å². The second-order valence-electron chi connectivity index (χ2n) is 9.82. The molecule has 3 aromatic heterocycles. The second kappa shape index (κ2) is 12.0. The minimum absolute atomic E-state index is 0.121. The quantitative estimate of drug-likeness (QED) is 0.344. The number of likely N-dealkylation sites (N-methyl/N-ethyl adjacent to an activating group) is 1. The number of ether oxygens (including phenoxy) is 1. The van der Waals surface area contributed by atoms with E-state index in [0.29, 0.717) is 48.1 Å². The number of pyridine rings is 2. The predicted octanol–water partition coefficient (Wildman–Crippen LogP) is 4.24. The van der Waals surface area contributed by atoms with Gasteiger partial charge in [-0.1, -0.05) is 19.2 Å². The lowest BCUT2D eigenvalue weighted by Gasteiger charge is -2.32. The van der Waals surface area contributed by atoms with Crippen LogP contribution in [0.1, 0.15) is 23.6 Å². The van der Waals surface area contributed by atoms with Gasteiger partial charge in [0.1, 0.15) is 17.3 Å². The Bertz CT molecular complexity index is 1690. The Morgan fingerprint density at radius 3 is 2.78 bits per heavy atom. The number of hydrogen-bond acceptors (Lipinski definition) is 8. The number of aromatic nitrogens is 4. The number of hydrogen-bond donors (Lipinski definition) is 1. The summed E-state index contributed by atoms with van der Waals surface area (Å²) in [5.41, 5.74) is 6.61. The van der Waals surface area contributed by atoms with E-state index >= 15 is 0 Å². The van der Waals surface area contributed by atoms with Crippen molar-refractivity contribution >= 4 is 34.3 Å². The number of carbonyl (C=O) groups excluding carboxylic acids is 1. The van der Waals surface area contributed by atoms with Gasteiger partial charge >= 0.3 is 0 Å². The first-order valence-corrected chi connectivity index (χ1v) is 13.5. The van der Waals surface area contributed by atoms with Gasteiger partial charge in [-0.05, 0) is 67.3 Å². The molecule has 1 aromatic carbocycles. The maximum atomic E-state index is 12.2. The fraction of sp³-hybridized carbons (Fsp3) is 0.258. The van der Waals surface area contributed by atoms with E-state index in [4.69, 9.17) is 9.72 Å². The molecule has 0 spiro atoms. The third-order valence-corrected chi connectivity index (χ3v) is 7.15. The molecule has 0 saturated heterocycles. The molecule has 41 heavy (non-hydrogen) atoms. The van der Waals surface area contributed by atoms with Crippen molar-refractivity contribution in [3.05, 3.63) is 96.5 Å². The smallest absolute Gasteiger partial charge is 0.248 e. The fourth-order valence-corrected chi connectivity index (χ4v) is 4.81. The summed E-state index contributed by atoms with van der Waals surface area (Å²) in [6, 6.07) is 12.3. The van der Waals surface area contributed by atoms with Gasteiger partial charge in [-0.3, -0.25) is 4.79 Å². The lowest BCUT2D eigenvalue weighted by Crippen LogP contribution is -2.42. The number of carbonyl (C=O) groups is 1. The van der Waals surface area contributed by atoms with E-state index in [1.807, 2.05) is 30.8 Å². The maximum absolute atomic E-state index is 12.2. The minimum atomic E-state index is -0.167. The van der Waals surface area contributed by atoms with Gasteiger partial charge in [0.15, 0.2) is 24.1 Å². The Labute approximate surface area is 239 Å². The summed E-state index contributed by atoms with van der Waals surface area (Å²) in [5.74, 6) is 1.72. The molecule has 0 atom stereocenters. The first-order valence-electron chi connectivity index (χ1n) is 13.5. The average Bonchev–Trinajstić information content (AvgIpc) is 2.96. The second-order valence-corrected chi connectivity index (χ2v) is 9.82. The van der Waals surface area contributed by atoms with Gasteiger partial charge in [0.2, 0.25) is 5.91 Å². The maximum Gasteiger partial charge on any atom is 0.248 e. The standard InChI is InChI=1S/C31H34N8O2/c1-6-28(40)39-14-13-38(8-3)31-26(41-20-39)18-25-29(36-31)30(34-19-33-25)35-24-10-9-23(21(4)15-24)16-22-11-12-37(5)27(17-22)32-7-2/h6-7,9-12,15,17-19H,1-2,8,13-14,16,20H2,3-5H3,(H,33,34,35). The van der Waals surface area contributed by atoms with Gasteiger partial charge < -0.3 is 24.4 Å². The topological polar surface area (TPSA) is 101 Å². The van der Waals surface area contributed by atoms with Crippen LogP contribution in [0, 0.1) is 6.92 Å². The summed E-state index contributed by atoms with van der Waals surface area (Å²) in [7, 11) is 1.97. The van der Waals surface area contributed by atoms with Gasteiger partial charge in [0.25, 0.3) is 0 Å². The molecule has 0 aliphatic carbocycles. The van der Waals surface area contributed by atoms with Gasteiger partial charge in [-0.2, -0.15) is 0 Å². The Morgan fingerprint density at radius 2 is 2.02 bits per heavy atom. The number of fused-ring (bicyclic) bond motifs is 2. The molecule has 4 heterocycles. The van der Waals surface area contributed by atoms with Gasteiger partial charge in [-0.25, -0.2) is 19.9 Å². The zero-order valence-corrected chi connectivity index (χ0v) is 23.7. The molecule has 210 valence electrons. The Morgan fingerprint density at radius 1 is 1.17 bits per heavy atom. The van der Waals surface area contributed by atoms with Crippen molar-refractivity contribution in [1.82, 2.24) is 24.4 Å². The van der Waals surface area contributed by atoms with Crippen LogP contribution >= 0.6 is 0 Å². The lowest BCUT2D eigenvalue weighted by atomic mass is 10.0. The van der Waals surface area contributed by atoms with Crippen LogP contribution in [-0.2, 0) is 18.3 Å². The molecule has 10 nitrogen and oxygen atoms in total. The monoisotopic (exact) mass is 550 g/mol. The third-order valence-electron chi connectivity index (χ3n) is 7.15. The number of amides is 1. The highest BCUT2D eigenvalue weighted by molar-refractivity contribution is 5.90. The van der Waals surface area contributed by atoms with Crippen LogP contribution < -0.4 is 20.4 Å². The summed E-state index contributed by atoms with van der Waals surface area (Å²) < 4.78 is 8.00. The van der Waals surface area contributed by atoms with Crippen molar-refractivity contribution in [2.24, 2.45) is 12.0 Å². The van der Waals surface area contributed by atoms with Crippen molar-refractivity contribution in [2.75, 3.05) is 36.6 Å². The van der Waals surface area contributed by atoms with Crippen molar-refractivity contribution < 1.29 is 9.53 Å². The molecule has 1 aliphatic rings. The number of rotatable bonds is 7. The molecule has 4 aromatic rings. The SMILES string of the molecule is C=CN=c1cc(Cc2ccc(Nc3ncnc4cc5c(nc34)N(CC)CCN(C(=O)C=C)CO5)cc2C)ccn1C. The molecule has 1 amide bonds. The highest BCUT2D eigenvalue weighted by Gasteiger charge is 2.23. The molecule has 1 N–H and O–H groups in total. The molecule has 0 bridgehead atoms. The van der Waals surface area contributed by atoms with Crippen molar-refractivity contribution in [3.8, 4) is 5.75 Å². The number of anilines is 3. The van der Waals surface area contributed by atoms with Crippen LogP contribution in [0.15, 0.2) is 79.3 Å². The van der Waals surface area contributed by atoms with E-state index in [9.17, 15) is 4.79 Å². The number of benzene rings is 1. The molecule has 0 saturated carbocycles. The van der Waals surface area contributed by atoms with Gasteiger partial charge in [0.05, 0.1) is 5.52 Å². The van der Waals surface area contributed by atoms with Gasteiger partial charge in [0, 0.05) is 50.8 Å². The van der Waals surface area contributed by atoms with Crippen molar-refractivity contribution in [2.45, 2.75) is 20.3 Å². The molecular formula is C31H34N8O2. The summed E-state index contributed by atoms with van der Waals surface area (Å²) in [6.07, 6.45) is 7.18. The Balaban J connectivity index is 1.42. The lowest BCUT2D eigenvalue weighted by molar-refractivity contribution is -0.128. The van der Waals surface area contributed by atoms with E-state index in [1.165, 1.54) is 23.5 Å². The highest BCUT2D eigenvalue weighted by atomic mass is 16.5. The summed E-state index contributed by atoms with van der Waals surface area (Å²) in [5, 5.41) is 3.44. The molecule has 0 unspecified atom stereocenters. The van der Waals surface area contributed by atoms with Crippen LogP contribution in [-0.4, -0.2) is 56.7 Å². The van der Waals surface area contributed by atoms with E-state index in [0.717, 1.165) is 23.2 Å². The van der Waals surface area contributed by atoms with Crippen LogP contribution in [0.2, 0.25) is 0 Å². The molecule has 5 rings (SSSR count). The van der Waals surface area contributed by atoms with Crippen LogP contribution in [0.5, 0.6) is 5.75 Å². The first kappa shape index (κ1) is 27.6. The van der Waals surface area contributed by atoms with Crippen LogP contribution in [0.25, 0.3) is 11.0 Å². The first-order chi connectivity index (χ1) is 19.9. The number of nitrogens with zero attached hydrogens (tertiary/aromatic N) is 7. The third kappa shape index (κ3) is 5.96. The van der Waals surface area contributed by atoms with Crippen LogP contribution in [0.3, 0.4) is 0 Å². The Hall–Kier alpha value is -4.99. The summed E-state index contributed by atoms with van der Waals surface area (Å²) in [6.45, 7) is 13.4. The summed E-state index contributed by atoms with van der Waals surface area (Å²) >= 11 is 0. The van der Waals surface area contributed by atoms with Crippen molar-refractivity contribution in [1.29, 1.82) is 0 Å². The molecule has 0 radical (unpaired) electrons. The fourth-order valence-electron chi connectivity index (χ4n) is 4.81. The minimum Gasteiger partial charge on any atom is -0.469 e. The molecule has 10 heteroatoms. The van der Waals surface area contributed by atoms with Crippen LogP contribution in [0.4, 0.5) is 17.3 Å². The number of nitrogens with one attached hydrogen (secondary N) is 1. The van der Waals surface area contributed by atoms with E-state index in [-0.39, 0.29) is 12.6 Å². The van der Waals surface area contributed by atoms with E-state index < -0.39 is 0 Å². The zero-order chi connectivity index (χ0) is 28.9. The highest BCUT2D eigenvalue weighted by Crippen LogP contribution is 2.33. The van der Waals surface area contributed by atoms with Gasteiger partial charge in [-0.15, -0.1) is 0 Å². The molecule has 0 fully saturated rings. The van der Waals surface area contributed by atoms with Crippen molar-refractivity contribution in [3.63, 3.8) is 0 Å². The normalized spacial score (nSPS) is 13.7. The Kier molecular flexibility index (Phi) is 8.09. The zero-order valence-electron chi connectivity index (χ0n) is 23.7. The average molecular weight is 551 g/mol. The summed E-state index contributed by atoms with van der Waals surface area (Å²) in [4.78, 5) is 34.2.